The van der Waals surface area contributed by atoms with Crippen LogP contribution in [-0.4, -0.2) is 24.0 Å². The van der Waals surface area contributed by atoms with E-state index in [-0.39, 0.29) is 11.7 Å². The molecule has 2 heterocycles. The highest BCUT2D eigenvalue weighted by atomic mass is 19.1. The van der Waals surface area contributed by atoms with Gasteiger partial charge in [0.25, 0.3) is 0 Å². The van der Waals surface area contributed by atoms with Gasteiger partial charge in [-0.25, -0.2) is 9.37 Å². The van der Waals surface area contributed by atoms with E-state index in [0.29, 0.717) is 30.5 Å². The topological polar surface area (TPSA) is 63.2 Å². The summed E-state index contributed by atoms with van der Waals surface area (Å²) in [5.74, 6) is 1.38. The van der Waals surface area contributed by atoms with E-state index in [1.54, 1.807) is 24.4 Å². The second-order valence-corrected chi connectivity index (χ2v) is 6.57. The van der Waals surface area contributed by atoms with Gasteiger partial charge in [0.05, 0.1) is 0 Å². The van der Waals surface area contributed by atoms with Crippen LogP contribution in [0, 0.1) is 11.7 Å². The monoisotopic (exact) mass is 357 g/mol. The molecule has 1 aliphatic heterocycles. The summed E-state index contributed by atoms with van der Waals surface area (Å²) in [6.45, 7) is 2.57. The van der Waals surface area contributed by atoms with E-state index < -0.39 is 0 Å². The molecular formula is C20H24FN3O2. The van der Waals surface area contributed by atoms with Gasteiger partial charge in [0.1, 0.15) is 11.6 Å². The maximum Gasteiger partial charge on any atom is 0.220 e. The molecule has 2 aromatic rings. The lowest BCUT2D eigenvalue weighted by Gasteiger charge is -2.22. The second kappa shape index (κ2) is 9.29. The van der Waals surface area contributed by atoms with E-state index in [1.807, 2.05) is 6.07 Å². The number of pyridine rings is 1. The number of carbonyl (C=O) groups is 1. The molecule has 0 radical (unpaired) electrons. The molecule has 5 nitrogen and oxygen atoms in total. The number of nitrogens with zero attached hydrogens (tertiary/aromatic N) is 1. The molecule has 1 aromatic heterocycles. The van der Waals surface area contributed by atoms with Gasteiger partial charge in [-0.1, -0.05) is 6.07 Å². The Bertz CT molecular complexity index is 698. The number of ether oxygens (including phenoxy) is 1. The van der Waals surface area contributed by atoms with Crippen LogP contribution in [0.4, 0.5) is 4.39 Å². The Labute approximate surface area is 153 Å². The molecule has 6 heteroatoms. The van der Waals surface area contributed by atoms with Gasteiger partial charge in [-0.3, -0.25) is 4.79 Å². The fourth-order valence-corrected chi connectivity index (χ4v) is 2.99. The SMILES string of the molecule is O=C(CCC1CCNCC1)NCc1ccc(Oc2ccc(F)cc2)nc1. The van der Waals surface area contributed by atoms with E-state index in [2.05, 4.69) is 15.6 Å². The van der Waals surface area contributed by atoms with E-state index in [1.165, 1.54) is 12.1 Å². The Balaban J connectivity index is 1.40. The molecule has 0 spiro atoms. The second-order valence-electron chi connectivity index (χ2n) is 6.57. The van der Waals surface area contributed by atoms with Crippen LogP contribution in [0.2, 0.25) is 0 Å². The number of nitrogens with one attached hydrogen (secondary N) is 2. The van der Waals surface area contributed by atoms with Gasteiger partial charge in [-0.15, -0.1) is 0 Å². The third-order valence-electron chi connectivity index (χ3n) is 4.56. The smallest absolute Gasteiger partial charge is 0.220 e. The molecule has 0 atom stereocenters. The van der Waals surface area contributed by atoms with E-state index in [0.717, 1.165) is 37.9 Å². The van der Waals surface area contributed by atoms with Crippen molar-refractivity contribution in [1.82, 2.24) is 15.6 Å². The van der Waals surface area contributed by atoms with Crippen molar-refractivity contribution in [3.63, 3.8) is 0 Å². The zero-order valence-corrected chi connectivity index (χ0v) is 14.7. The zero-order valence-electron chi connectivity index (χ0n) is 14.7. The van der Waals surface area contributed by atoms with E-state index in [4.69, 9.17) is 4.74 Å². The first-order chi connectivity index (χ1) is 12.7. The fraction of sp³-hybridized carbons (Fsp3) is 0.400. The minimum atomic E-state index is -0.309. The number of piperidine rings is 1. The van der Waals surface area contributed by atoms with E-state index in [9.17, 15) is 9.18 Å². The first-order valence-electron chi connectivity index (χ1n) is 9.05. The van der Waals surface area contributed by atoms with Crippen molar-refractivity contribution in [2.75, 3.05) is 13.1 Å². The van der Waals surface area contributed by atoms with Crippen molar-refractivity contribution in [1.29, 1.82) is 0 Å². The molecule has 3 rings (SSSR count). The molecule has 1 aromatic carbocycles. The van der Waals surface area contributed by atoms with Gasteiger partial charge < -0.3 is 15.4 Å². The van der Waals surface area contributed by atoms with Crippen LogP contribution in [0.5, 0.6) is 11.6 Å². The number of hydrogen-bond donors (Lipinski definition) is 2. The Kier molecular flexibility index (Phi) is 6.55. The quantitative estimate of drug-likeness (QED) is 0.797. The Morgan fingerprint density at radius 3 is 2.65 bits per heavy atom. The molecule has 138 valence electrons. The minimum Gasteiger partial charge on any atom is -0.439 e. The number of rotatable bonds is 7. The summed E-state index contributed by atoms with van der Waals surface area (Å²) in [5.41, 5.74) is 0.909. The number of aromatic nitrogens is 1. The number of halogens is 1. The van der Waals surface area contributed by atoms with Crippen molar-refractivity contribution < 1.29 is 13.9 Å². The highest BCUT2D eigenvalue weighted by molar-refractivity contribution is 5.75. The summed E-state index contributed by atoms with van der Waals surface area (Å²) in [4.78, 5) is 16.2. The van der Waals surface area contributed by atoms with Gasteiger partial charge in [0, 0.05) is 25.2 Å². The first kappa shape index (κ1) is 18.3. The molecule has 26 heavy (non-hydrogen) atoms. The summed E-state index contributed by atoms with van der Waals surface area (Å²) in [7, 11) is 0. The Hall–Kier alpha value is -2.47. The molecule has 0 bridgehead atoms. The van der Waals surface area contributed by atoms with Gasteiger partial charge in [-0.05, 0) is 68.1 Å². The third kappa shape index (κ3) is 5.81. The van der Waals surface area contributed by atoms with Crippen molar-refractivity contribution in [2.45, 2.75) is 32.2 Å². The number of carbonyl (C=O) groups excluding carboxylic acids is 1. The van der Waals surface area contributed by atoms with Crippen LogP contribution in [0.1, 0.15) is 31.2 Å². The van der Waals surface area contributed by atoms with Crippen LogP contribution >= 0.6 is 0 Å². The Morgan fingerprint density at radius 2 is 1.96 bits per heavy atom. The molecule has 2 N–H and O–H groups in total. The lowest BCUT2D eigenvalue weighted by molar-refractivity contribution is -0.121. The number of benzene rings is 1. The van der Waals surface area contributed by atoms with Crippen molar-refractivity contribution >= 4 is 5.91 Å². The van der Waals surface area contributed by atoms with Crippen molar-refractivity contribution in [3.05, 3.63) is 54.0 Å². The van der Waals surface area contributed by atoms with Crippen molar-refractivity contribution in [3.8, 4) is 11.6 Å². The summed E-state index contributed by atoms with van der Waals surface area (Å²) >= 11 is 0. The molecule has 1 saturated heterocycles. The zero-order chi connectivity index (χ0) is 18.2. The maximum atomic E-state index is 12.9. The lowest BCUT2D eigenvalue weighted by Crippen LogP contribution is -2.29. The highest BCUT2D eigenvalue weighted by Gasteiger charge is 2.14. The predicted molar refractivity (Wildman–Crippen MR) is 97.4 cm³/mol. The standard InChI is InChI=1S/C20H24FN3O2/c21-17-3-5-18(6-4-17)26-20-8-2-16(14-24-20)13-23-19(25)7-1-15-9-11-22-12-10-15/h2-6,8,14-15,22H,1,7,9-13H2,(H,23,25). The van der Waals surface area contributed by atoms with Crippen LogP contribution in [0.3, 0.4) is 0 Å². The molecule has 1 fully saturated rings. The van der Waals surface area contributed by atoms with Crippen molar-refractivity contribution in [2.24, 2.45) is 5.92 Å². The van der Waals surface area contributed by atoms with E-state index >= 15 is 0 Å². The summed E-state index contributed by atoms with van der Waals surface area (Å²) in [5, 5.41) is 6.27. The van der Waals surface area contributed by atoms with Gasteiger partial charge in [0.2, 0.25) is 11.8 Å². The average Bonchev–Trinajstić information content (AvgIpc) is 2.68. The molecule has 0 saturated carbocycles. The predicted octanol–water partition coefficient (Wildman–Crippen LogP) is 3.41. The van der Waals surface area contributed by atoms with Crippen LogP contribution in [0.25, 0.3) is 0 Å². The average molecular weight is 357 g/mol. The largest absolute Gasteiger partial charge is 0.439 e. The van der Waals surface area contributed by atoms with Crippen LogP contribution in [-0.2, 0) is 11.3 Å². The van der Waals surface area contributed by atoms with Gasteiger partial charge in [0.15, 0.2) is 0 Å². The van der Waals surface area contributed by atoms with Gasteiger partial charge in [-0.2, -0.15) is 0 Å². The molecule has 1 amide bonds. The molecule has 0 aliphatic carbocycles. The summed E-state index contributed by atoms with van der Waals surface area (Å²) in [6, 6.07) is 9.37. The van der Waals surface area contributed by atoms with Crippen LogP contribution in [0.15, 0.2) is 42.6 Å². The molecule has 1 aliphatic rings. The van der Waals surface area contributed by atoms with Crippen LogP contribution < -0.4 is 15.4 Å². The first-order valence-corrected chi connectivity index (χ1v) is 9.05. The number of hydrogen-bond acceptors (Lipinski definition) is 4. The fourth-order valence-electron chi connectivity index (χ4n) is 2.99. The third-order valence-corrected chi connectivity index (χ3v) is 4.56. The summed E-state index contributed by atoms with van der Waals surface area (Å²) in [6.07, 6.45) is 5.52. The highest BCUT2D eigenvalue weighted by Crippen LogP contribution is 2.20. The maximum absolute atomic E-state index is 12.9. The van der Waals surface area contributed by atoms with Gasteiger partial charge >= 0.3 is 0 Å². The number of amides is 1. The Morgan fingerprint density at radius 1 is 1.19 bits per heavy atom. The lowest BCUT2D eigenvalue weighted by atomic mass is 9.93. The molecular weight excluding hydrogens is 333 g/mol. The normalized spacial score (nSPS) is 14.8. The summed E-state index contributed by atoms with van der Waals surface area (Å²) < 4.78 is 18.4. The molecule has 0 unspecified atom stereocenters. The minimum absolute atomic E-state index is 0.0789.